The minimum absolute atomic E-state index is 0.141. The second kappa shape index (κ2) is 7.71. The smallest absolute Gasteiger partial charge is 0.266 e. The lowest BCUT2D eigenvalue weighted by Crippen LogP contribution is -2.22. The van der Waals surface area contributed by atoms with Gasteiger partial charge in [0, 0.05) is 11.1 Å². The highest BCUT2D eigenvalue weighted by Gasteiger charge is 2.11. The van der Waals surface area contributed by atoms with Crippen LogP contribution in [0.25, 0.3) is 28.7 Å². The Balaban J connectivity index is 1.96. The lowest BCUT2D eigenvalue weighted by molar-refractivity contribution is 0.414. The van der Waals surface area contributed by atoms with E-state index < -0.39 is 0 Å². The fourth-order valence-electron chi connectivity index (χ4n) is 3.04. The highest BCUT2D eigenvalue weighted by atomic mass is 35.5. The monoisotopic (exact) mass is 388 g/mol. The van der Waals surface area contributed by atoms with E-state index in [-0.39, 0.29) is 5.56 Å². The van der Waals surface area contributed by atoms with Crippen molar-refractivity contribution in [2.24, 2.45) is 0 Å². The molecule has 0 atom stereocenters. The van der Waals surface area contributed by atoms with Crippen molar-refractivity contribution < 1.29 is 4.74 Å². The number of hydrogen-bond acceptors (Lipinski definition) is 3. The lowest BCUT2D eigenvalue weighted by Gasteiger charge is -2.12. The van der Waals surface area contributed by atoms with Gasteiger partial charge in [0.05, 0.1) is 23.7 Å². The molecule has 28 heavy (non-hydrogen) atoms. The van der Waals surface area contributed by atoms with Gasteiger partial charge in [-0.15, -0.1) is 0 Å². The molecule has 0 aliphatic carbocycles. The summed E-state index contributed by atoms with van der Waals surface area (Å²) in [6.07, 6.45) is 3.66. The molecule has 4 rings (SSSR count). The van der Waals surface area contributed by atoms with Crippen LogP contribution < -0.4 is 10.3 Å². The van der Waals surface area contributed by atoms with Crippen molar-refractivity contribution in [2.75, 3.05) is 7.11 Å². The molecule has 0 saturated heterocycles. The SMILES string of the molecule is COc1cccc(-n2c(C=Cc3ccccc3Cl)nc3ccccc3c2=O)c1. The van der Waals surface area contributed by atoms with Crippen molar-refractivity contribution in [3.8, 4) is 11.4 Å². The number of hydrogen-bond donors (Lipinski definition) is 0. The van der Waals surface area contributed by atoms with E-state index in [0.29, 0.717) is 33.2 Å². The molecule has 0 fully saturated rings. The predicted octanol–water partition coefficient (Wildman–Crippen LogP) is 5.22. The Morgan fingerprint density at radius 2 is 1.75 bits per heavy atom. The first kappa shape index (κ1) is 18.0. The van der Waals surface area contributed by atoms with Gasteiger partial charge in [-0.3, -0.25) is 9.36 Å². The van der Waals surface area contributed by atoms with Crippen LogP contribution in [-0.2, 0) is 0 Å². The summed E-state index contributed by atoms with van der Waals surface area (Å²) < 4.78 is 6.90. The second-order valence-electron chi connectivity index (χ2n) is 6.18. The van der Waals surface area contributed by atoms with E-state index in [9.17, 15) is 4.79 Å². The maximum absolute atomic E-state index is 13.2. The fourth-order valence-corrected chi connectivity index (χ4v) is 3.23. The molecule has 1 heterocycles. The third kappa shape index (κ3) is 3.42. The Morgan fingerprint density at radius 1 is 0.964 bits per heavy atom. The van der Waals surface area contributed by atoms with Crippen molar-refractivity contribution in [2.45, 2.75) is 0 Å². The molecule has 0 spiro atoms. The number of benzene rings is 3. The molecule has 0 aliphatic rings. The van der Waals surface area contributed by atoms with E-state index >= 15 is 0 Å². The van der Waals surface area contributed by atoms with Gasteiger partial charge < -0.3 is 4.74 Å². The summed E-state index contributed by atoms with van der Waals surface area (Å²) in [6, 6.07) is 22.2. The van der Waals surface area contributed by atoms with Gasteiger partial charge in [0.25, 0.3) is 5.56 Å². The number of para-hydroxylation sites is 1. The number of rotatable bonds is 4. The van der Waals surface area contributed by atoms with Gasteiger partial charge in [-0.05, 0) is 48.0 Å². The first-order chi connectivity index (χ1) is 13.7. The van der Waals surface area contributed by atoms with E-state index in [1.165, 1.54) is 0 Å². The van der Waals surface area contributed by atoms with Gasteiger partial charge in [-0.25, -0.2) is 4.98 Å². The molecular weight excluding hydrogens is 372 g/mol. The number of nitrogens with zero attached hydrogens (tertiary/aromatic N) is 2. The number of ether oxygens (including phenoxy) is 1. The van der Waals surface area contributed by atoms with Crippen LogP contribution >= 0.6 is 11.6 Å². The third-order valence-electron chi connectivity index (χ3n) is 4.43. The second-order valence-corrected chi connectivity index (χ2v) is 6.59. The number of fused-ring (bicyclic) bond motifs is 1. The third-order valence-corrected chi connectivity index (χ3v) is 4.77. The van der Waals surface area contributed by atoms with Crippen LogP contribution in [0.2, 0.25) is 5.02 Å². The topological polar surface area (TPSA) is 44.1 Å². The Kier molecular flexibility index (Phi) is 4.96. The van der Waals surface area contributed by atoms with Gasteiger partial charge in [0.1, 0.15) is 11.6 Å². The molecule has 5 heteroatoms. The van der Waals surface area contributed by atoms with Crippen molar-refractivity contribution in [1.82, 2.24) is 9.55 Å². The molecule has 0 bridgehead atoms. The average Bonchev–Trinajstić information content (AvgIpc) is 2.73. The van der Waals surface area contributed by atoms with Crippen molar-refractivity contribution in [3.63, 3.8) is 0 Å². The van der Waals surface area contributed by atoms with Gasteiger partial charge >= 0.3 is 0 Å². The maximum atomic E-state index is 13.2. The first-order valence-electron chi connectivity index (χ1n) is 8.76. The molecule has 3 aromatic carbocycles. The summed E-state index contributed by atoms with van der Waals surface area (Å²) in [5, 5.41) is 1.19. The van der Waals surface area contributed by atoms with Crippen LogP contribution in [0.4, 0.5) is 0 Å². The first-order valence-corrected chi connectivity index (χ1v) is 9.14. The highest BCUT2D eigenvalue weighted by Crippen LogP contribution is 2.21. The molecule has 0 amide bonds. The van der Waals surface area contributed by atoms with Crippen molar-refractivity contribution >= 4 is 34.7 Å². The zero-order chi connectivity index (χ0) is 19.5. The van der Waals surface area contributed by atoms with Crippen molar-refractivity contribution in [3.05, 3.63) is 99.6 Å². The Labute approximate surface area is 167 Å². The van der Waals surface area contributed by atoms with Gasteiger partial charge in [-0.2, -0.15) is 0 Å². The Hall–Kier alpha value is -3.37. The van der Waals surface area contributed by atoms with Crippen LogP contribution in [0, 0.1) is 0 Å². The molecule has 1 aromatic heterocycles. The summed E-state index contributed by atoms with van der Waals surface area (Å²) in [7, 11) is 1.60. The number of methoxy groups -OCH3 is 1. The minimum Gasteiger partial charge on any atom is -0.497 e. The van der Waals surface area contributed by atoms with E-state index in [2.05, 4.69) is 0 Å². The van der Waals surface area contributed by atoms with Crippen LogP contribution in [0.3, 0.4) is 0 Å². The lowest BCUT2D eigenvalue weighted by atomic mass is 10.2. The molecule has 0 unspecified atom stereocenters. The molecule has 4 aromatic rings. The zero-order valence-corrected chi connectivity index (χ0v) is 15.9. The molecule has 0 N–H and O–H groups in total. The van der Waals surface area contributed by atoms with Gasteiger partial charge in [0.2, 0.25) is 0 Å². The molecular formula is C23H17ClN2O2. The number of halogens is 1. The molecule has 0 aliphatic heterocycles. The van der Waals surface area contributed by atoms with Crippen LogP contribution in [0.1, 0.15) is 11.4 Å². The standard InChI is InChI=1S/C23H17ClN2O2/c1-28-18-9-6-8-17(15-18)26-22(14-13-16-7-2-4-11-20(16)24)25-21-12-5-3-10-19(21)23(26)27/h2-15H,1H3. The predicted molar refractivity (Wildman–Crippen MR) is 114 cm³/mol. The van der Waals surface area contributed by atoms with Crippen LogP contribution in [0.5, 0.6) is 5.75 Å². The van der Waals surface area contributed by atoms with E-state index in [0.717, 1.165) is 5.56 Å². The van der Waals surface area contributed by atoms with Gasteiger partial charge in [-0.1, -0.05) is 48.0 Å². The normalized spacial score (nSPS) is 11.2. The molecule has 0 radical (unpaired) electrons. The molecule has 0 saturated carbocycles. The Morgan fingerprint density at radius 3 is 2.57 bits per heavy atom. The average molecular weight is 389 g/mol. The van der Waals surface area contributed by atoms with E-state index in [1.807, 2.05) is 72.8 Å². The summed E-state index contributed by atoms with van der Waals surface area (Å²) in [6.45, 7) is 0. The quantitative estimate of drug-likeness (QED) is 0.481. The summed E-state index contributed by atoms with van der Waals surface area (Å²) in [4.78, 5) is 18.0. The summed E-state index contributed by atoms with van der Waals surface area (Å²) in [5.74, 6) is 1.18. The minimum atomic E-state index is -0.141. The summed E-state index contributed by atoms with van der Waals surface area (Å²) >= 11 is 6.26. The van der Waals surface area contributed by atoms with Crippen molar-refractivity contribution in [1.29, 1.82) is 0 Å². The maximum Gasteiger partial charge on any atom is 0.266 e. The fraction of sp³-hybridized carbons (Fsp3) is 0.0435. The van der Waals surface area contributed by atoms with Gasteiger partial charge in [0.15, 0.2) is 0 Å². The zero-order valence-electron chi connectivity index (χ0n) is 15.2. The molecule has 4 nitrogen and oxygen atoms in total. The van der Waals surface area contributed by atoms with Crippen LogP contribution in [-0.4, -0.2) is 16.7 Å². The largest absolute Gasteiger partial charge is 0.497 e. The van der Waals surface area contributed by atoms with E-state index in [1.54, 1.807) is 23.8 Å². The highest BCUT2D eigenvalue weighted by molar-refractivity contribution is 6.32. The molecule has 138 valence electrons. The summed E-state index contributed by atoms with van der Waals surface area (Å²) in [5.41, 5.74) is 2.04. The van der Waals surface area contributed by atoms with Crippen LogP contribution in [0.15, 0.2) is 77.6 Å². The Bertz CT molecular complexity index is 1240. The van der Waals surface area contributed by atoms with E-state index in [4.69, 9.17) is 21.3 Å². The number of aromatic nitrogens is 2.